The number of alkyl halides is 3. The van der Waals surface area contributed by atoms with Crippen LogP contribution in [-0.4, -0.2) is 43.2 Å². The number of aryl methyl sites for hydroxylation is 1. The average molecular weight is 430 g/mol. The maximum Gasteiger partial charge on any atom is 0.410 e. The number of anilines is 1. The van der Waals surface area contributed by atoms with Gasteiger partial charge in [-0.3, -0.25) is 9.69 Å². The minimum Gasteiger partial charge on any atom is -0.464 e. The van der Waals surface area contributed by atoms with Gasteiger partial charge in [0.25, 0.3) is 0 Å². The molecular formula is C20H17F3N6O2. The zero-order valence-corrected chi connectivity index (χ0v) is 16.4. The van der Waals surface area contributed by atoms with Crippen molar-refractivity contribution in [2.24, 2.45) is 0 Å². The molecule has 0 spiro atoms. The smallest absolute Gasteiger partial charge is 0.410 e. The van der Waals surface area contributed by atoms with Gasteiger partial charge < -0.3 is 4.42 Å². The van der Waals surface area contributed by atoms with E-state index in [0.717, 1.165) is 15.6 Å². The summed E-state index contributed by atoms with van der Waals surface area (Å²) >= 11 is 0. The lowest BCUT2D eigenvalue weighted by Gasteiger charge is -2.33. The van der Waals surface area contributed by atoms with Crippen molar-refractivity contribution in [1.29, 1.82) is 0 Å². The summed E-state index contributed by atoms with van der Waals surface area (Å²) in [6.07, 6.45) is -0.254. The van der Waals surface area contributed by atoms with Crippen molar-refractivity contribution < 1.29 is 22.4 Å². The Bertz CT molecular complexity index is 1260. The summed E-state index contributed by atoms with van der Waals surface area (Å²) in [6.45, 7) is 1.58. The van der Waals surface area contributed by atoms with Crippen LogP contribution in [0.1, 0.15) is 18.2 Å². The first-order valence-electron chi connectivity index (χ1n) is 9.61. The molecule has 0 radical (unpaired) electrons. The zero-order valence-electron chi connectivity index (χ0n) is 16.4. The Balaban J connectivity index is 1.47. The molecule has 0 saturated heterocycles. The Labute approximate surface area is 173 Å². The van der Waals surface area contributed by atoms with Crippen molar-refractivity contribution in [3.8, 4) is 11.3 Å². The van der Waals surface area contributed by atoms with Gasteiger partial charge in [0.15, 0.2) is 11.7 Å². The molecule has 1 amide bonds. The molecule has 0 saturated carbocycles. The third-order valence-electron chi connectivity index (χ3n) is 5.41. The van der Waals surface area contributed by atoms with E-state index >= 15 is 0 Å². The van der Waals surface area contributed by atoms with Crippen molar-refractivity contribution in [3.63, 3.8) is 0 Å². The number of rotatable bonds is 3. The Morgan fingerprint density at radius 2 is 2.10 bits per heavy atom. The van der Waals surface area contributed by atoms with Crippen molar-refractivity contribution in [3.05, 3.63) is 48.6 Å². The number of carbonyl (C=O) groups excluding carboxylic acids is 1. The molecule has 11 heteroatoms. The highest BCUT2D eigenvalue weighted by Crippen LogP contribution is 2.39. The van der Waals surface area contributed by atoms with Gasteiger partial charge in [-0.15, -0.1) is 0 Å². The highest BCUT2D eigenvalue weighted by atomic mass is 19.4. The fourth-order valence-corrected chi connectivity index (χ4v) is 4.05. The number of aromatic nitrogens is 5. The minimum absolute atomic E-state index is 0.0576. The maximum atomic E-state index is 13.3. The van der Waals surface area contributed by atoms with E-state index in [1.54, 1.807) is 25.5 Å². The minimum atomic E-state index is -4.43. The number of fused-ring (bicyclic) bond motifs is 2. The number of hydrogen-bond donors (Lipinski definition) is 0. The van der Waals surface area contributed by atoms with Gasteiger partial charge in [0, 0.05) is 24.4 Å². The number of nitrogens with zero attached hydrogens (tertiary/aromatic N) is 6. The van der Waals surface area contributed by atoms with Gasteiger partial charge in [-0.25, -0.2) is 14.3 Å². The van der Waals surface area contributed by atoms with Crippen LogP contribution in [0.5, 0.6) is 0 Å². The SMILES string of the molecule is Cc1nn(CC(=O)N2CCC(C(F)(F)F)n3nccc32)c2nccc(-c3ccco3)c12. The van der Waals surface area contributed by atoms with Crippen molar-refractivity contribution in [2.75, 3.05) is 11.4 Å². The summed E-state index contributed by atoms with van der Waals surface area (Å²) in [5.74, 6) is 0.382. The van der Waals surface area contributed by atoms with Gasteiger partial charge in [-0.2, -0.15) is 23.4 Å². The fourth-order valence-electron chi connectivity index (χ4n) is 4.05. The Kier molecular flexibility index (Phi) is 4.34. The van der Waals surface area contributed by atoms with Crippen LogP contribution in [0.15, 0.2) is 47.3 Å². The van der Waals surface area contributed by atoms with Crippen molar-refractivity contribution >= 4 is 22.8 Å². The van der Waals surface area contributed by atoms with Crippen LogP contribution in [0.4, 0.5) is 19.0 Å². The van der Waals surface area contributed by atoms with E-state index in [-0.39, 0.29) is 25.3 Å². The molecule has 8 nitrogen and oxygen atoms in total. The molecule has 0 aromatic carbocycles. The predicted octanol–water partition coefficient (Wildman–Crippen LogP) is 3.74. The number of hydrogen-bond acceptors (Lipinski definition) is 5. The second-order valence-corrected chi connectivity index (χ2v) is 7.30. The van der Waals surface area contributed by atoms with Gasteiger partial charge in [0.2, 0.25) is 5.91 Å². The molecule has 1 aliphatic heterocycles. The molecular weight excluding hydrogens is 413 g/mol. The molecule has 4 aromatic heterocycles. The van der Waals surface area contributed by atoms with E-state index in [2.05, 4.69) is 15.2 Å². The van der Waals surface area contributed by atoms with E-state index < -0.39 is 18.1 Å². The Hall–Kier alpha value is -3.63. The lowest BCUT2D eigenvalue weighted by atomic mass is 10.1. The lowest BCUT2D eigenvalue weighted by Crippen LogP contribution is -2.44. The summed E-state index contributed by atoms with van der Waals surface area (Å²) in [5, 5.41) is 9.01. The first-order valence-corrected chi connectivity index (χ1v) is 9.61. The van der Waals surface area contributed by atoms with E-state index in [0.29, 0.717) is 17.1 Å². The fraction of sp³-hybridized carbons (Fsp3) is 0.300. The first kappa shape index (κ1) is 19.3. The molecule has 0 N–H and O–H groups in total. The largest absolute Gasteiger partial charge is 0.464 e. The Morgan fingerprint density at radius 1 is 1.26 bits per heavy atom. The average Bonchev–Trinajstić information content (AvgIpc) is 3.47. The molecule has 31 heavy (non-hydrogen) atoms. The second kappa shape index (κ2) is 6.96. The van der Waals surface area contributed by atoms with Gasteiger partial charge in [-0.1, -0.05) is 0 Å². The van der Waals surface area contributed by atoms with E-state index in [1.807, 2.05) is 12.1 Å². The van der Waals surface area contributed by atoms with Crippen LogP contribution in [0.2, 0.25) is 0 Å². The van der Waals surface area contributed by atoms with Crippen LogP contribution in [0, 0.1) is 6.92 Å². The van der Waals surface area contributed by atoms with Crippen LogP contribution >= 0.6 is 0 Å². The predicted molar refractivity (Wildman–Crippen MR) is 104 cm³/mol. The van der Waals surface area contributed by atoms with Crippen LogP contribution < -0.4 is 4.90 Å². The molecule has 160 valence electrons. The van der Waals surface area contributed by atoms with E-state index in [4.69, 9.17) is 4.42 Å². The molecule has 1 aliphatic rings. The van der Waals surface area contributed by atoms with Gasteiger partial charge in [-0.05, 0) is 31.5 Å². The third-order valence-corrected chi connectivity index (χ3v) is 5.41. The maximum absolute atomic E-state index is 13.3. The highest BCUT2D eigenvalue weighted by Gasteiger charge is 2.45. The molecule has 5 heterocycles. The van der Waals surface area contributed by atoms with E-state index in [1.165, 1.54) is 21.8 Å². The summed E-state index contributed by atoms with van der Waals surface area (Å²) in [5.41, 5.74) is 1.97. The zero-order chi connectivity index (χ0) is 21.8. The summed E-state index contributed by atoms with van der Waals surface area (Å²) < 4.78 is 47.8. The molecule has 1 unspecified atom stereocenters. The molecule has 1 atom stereocenters. The number of carbonyl (C=O) groups is 1. The van der Waals surface area contributed by atoms with Crippen LogP contribution in [0.25, 0.3) is 22.4 Å². The number of halogens is 3. The van der Waals surface area contributed by atoms with Gasteiger partial charge >= 0.3 is 6.18 Å². The monoisotopic (exact) mass is 430 g/mol. The second-order valence-electron chi connectivity index (χ2n) is 7.30. The van der Waals surface area contributed by atoms with Crippen molar-refractivity contribution in [1.82, 2.24) is 24.5 Å². The van der Waals surface area contributed by atoms with Crippen LogP contribution in [-0.2, 0) is 11.3 Å². The van der Waals surface area contributed by atoms with Gasteiger partial charge in [0.05, 0.1) is 23.5 Å². The highest BCUT2D eigenvalue weighted by molar-refractivity contribution is 5.96. The number of amides is 1. The molecule has 0 aliphatic carbocycles. The molecule has 0 fully saturated rings. The molecule has 4 aromatic rings. The Morgan fingerprint density at radius 3 is 2.84 bits per heavy atom. The van der Waals surface area contributed by atoms with E-state index in [9.17, 15) is 18.0 Å². The topological polar surface area (TPSA) is 82.0 Å². The van der Waals surface area contributed by atoms with Crippen LogP contribution in [0.3, 0.4) is 0 Å². The number of pyridine rings is 1. The van der Waals surface area contributed by atoms with Crippen molar-refractivity contribution in [2.45, 2.75) is 32.1 Å². The summed E-state index contributed by atoms with van der Waals surface area (Å²) in [4.78, 5) is 18.7. The molecule has 5 rings (SSSR count). The standard InChI is InChI=1S/C20H17F3N6O2/c1-12-18-13(14-3-2-10-31-14)4-7-24-19(18)28(26-12)11-17(30)27-9-6-15(20(21,22)23)29-16(27)5-8-25-29/h2-5,7-8,10,15H,6,9,11H2,1H3. The first-order chi connectivity index (χ1) is 14.8. The lowest BCUT2D eigenvalue weighted by molar-refractivity contribution is -0.172. The normalized spacial score (nSPS) is 16.6. The quantitative estimate of drug-likeness (QED) is 0.495. The summed E-state index contributed by atoms with van der Waals surface area (Å²) in [7, 11) is 0. The molecule has 0 bridgehead atoms. The summed E-state index contributed by atoms with van der Waals surface area (Å²) in [6, 6.07) is 5.08. The number of furan rings is 1. The van der Waals surface area contributed by atoms with Gasteiger partial charge in [0.1, 0.15) is 18.1 Å². The third kappa shape index (κ3) is 3.16.